The Morgan fingerprint density at radius 1 is 1.35 bits per heavy atom. The van der Waals surface area contributed by atoms with E-state index >= 15 is 0 Å². The van der Waals surface area contributed by atoms with Crippen molar-refractivity contribution in [2.45, 2.75) is 13.0 Å². The molecule has 0 fully saturated rings. The number of hydrogen-bond donors (Lipinski definition) is 1. The van der Waals surface area contributed by atoms with Gasteiger partial charge in [-0.1, -0.05) is 11.6 Å². The summed E-state index contributed by atoms with van der Waals surface area (Å²) >= 11 is 5.96. The second kappa shape index (κ2) is 5.15. The van der Waals surface area contributed by atoms with E-state index in [4.69, 9.17) is 20.8 Å². The molecule has 0 spiro atoms. The SMILES string of the molecule is COc1cc(NC(C)c2ccco2)ccc1Cl. The monoisotopic (exact) mass is 251 g/mol. The lowest BCUT2D eigenvalue weighted by Gasteiger charge is -2.14. The van der Waals surface area contributed by atoms with Crippen LogP contribution in [0.3, 0.4) is 0 Å². The van der Waals surface area contributed by atoms with Crippen molar-refractivity contribution in [1.29, 1.82) is 0 Å². The zero-order valence-corrected chi connectivity index (χ0v) is 10.5. The van der Waals surface area contributed by atoms with Gasteiger partial charge in [0.15, 0.2) is 0 Å². The Hall–Kier alpha value is -1.61. The second-order valence-corrected chi connectivity index (χ2v) is 4.14. The smallest absolute Gasteiger partial charge is 0.139 e. The maximum atomic E-state index is 5.96. The molecule has 0 bridgehead atoms. The molecule has 1 N–H and O–H groups in total. The average molecular weight is 252 g/mol. The summed E-state index contributed by atoms with van der Waals surface area (Å²) in [6.45, 7) is 2.03. The third-order valence-electron chi connectivity index (χ3n) is 2.50. The first kappa shape index (κ1) is 11.9. The highest BCUT2D eigenvalue weighted by Gasteiger charge is 2.09. The molecule has 0 radical (unpaired) electrons. The first-order valence-electron chi connectivity index (χ1n) is 5.34. The van der Waals surface area contributed by atoms with Gasteiger partial charge in [-0.05, 0) is 31.2 Å². The summed E-state index contributed by atoms with van der Waals surface area (Å²) in [4.78, 5) is 0. The van der Waals surface area contributed by atoms with Crippen LogP contribution >= 0.6 is 11.6 Å². The molecule has 0 aliphatic carbocycles. The van der Waals surface area contributed by atoms with Gasteiger partial charge in [0.25, 0.3) is 0 Å². The van der Waals surface area contributed by atoms with Crippen LogP contribution in [0.15, 0.2) is 41.0 Å². The van der Waals surface area contributed by atoms with Crippen LogP contribution in [0.25, 0.3) is 0 Å². The first-order valence-corrected chi connectivity index (χ1v) is 5.72. The molecule has 4 heteroatoms. The highest BCUT2D eigenvalue weighted by Crippen LogP contribution is 2.29. The fourth-order valence-electron chi connectivity index (χ4n) is 1.61. The molecule has 3 nitrogen and oxygen atoms in total. The van der Waals surface area contributed by atoms with Gasteiger partial charge in [-0.2, -0.15) is 0 Å². The van der Waals surface area contributed by atoms with E-state index in [1.807, 2.05) is 31.2 Å². The van der Waals surface area contributed by atoms with Gasteiger partial charge in [0, 0.05) is 11.8 Å². The number of methoxy groups -OCH3 is 1. The predicted octanol–water partition coefficient (Wildman–Crippen LogP) is 4.11. The van der Waals surface area contributed by atoms with E-state index in [1.54, 1.807) is 19.4 Å². The van der Waals surface area contributed by atoms with E-state index in [1.165, 1.54) is 0 Å². The van der Waals surface area contributed by atoms with Crippen LogP contribution < -0.4 is 10.1 Å². The number of anilines is 1. The number of nitrogens with one attached hydrogen (secondary N) is 1. The molecule has 1 aromatic carbocycles. The van der Waals surface area contributed by atoms with Gasteiger partial charge in [-0.15, -0.1) is 0 Å². The molecule has 1 unspecified atom stereocenters. The first-order chi connectivity index (χ1) is 8.20. The maximum Gasteiger partial charge on any atom is 0.139 e. The Balaban J connectivity index is 2.13. The molecule has 2 aromatic rings. The van der Waals surface area contributed by atoms with Crippen molar-refractivity contribution in [2.75, 3.05) is 12.4 Å². The van der Waals surface area contributed by atoms with Crippen molar-refractivity contribution >= 4 is 17.3 Å². The van der Waals surface area contributed by atoms with Crippen molar-refractivity contribution in [3.63, 3.8) is 0 Å². The normalized spacial score (nSPS) is 12.2. The van der Waals surface area contributed by atoms with Crippen LogP contribution in [0.4, 0.5) is 5.69 Å². The largest absolute Gasteiger partial charge is 0.495 e. The van der Waals surface area contributed by atoms with Gasteiger partial charge in [0.2, 0.25) is 0 Å². The lowest BCUT2D eigenvalue weighted by atomic mass is 10.2. The molecule has 0 saturated carbocycles. The molecule has 0 aliphatic rings. The number of benzene rings is 1. The van der Waals surface area contributed by atoms with Crippen LogP contribution in [-0.2, 0) is 0 Å². The zero-order chi connectivity index (χ0) is 12.3. The van der Waals surface area contributed by atoms with Crippen molar-refractivity contribution in [1.82, 2.24) is 0 Å². The van der Waals surface area contributed by atoms with E-state index in [9.17, 15) is 0 Å². The molecule has 17 heavy (non-hydrogen) atoms. The van der Waals surface area contributed by atoms with E-state index in [-0.39, 0.29) is 6.04 Å². The topological polar surface area (TPSA) is 34.4 Å². The van der Waals surface area contributed by atoms with Crippen molar-refractivity contribution in [3.05, 3.63) is 47.4 Å². The molecule has 0 saturated heterocycles. The third-order valence-corrected chi connectivity index (χ3v) is 2.82. The van der Waals surface area contributed by atoms with Gasteiger partial charge in [0.1, 0.15) is 11.5 Å². The predicted molar refractivity (Wildman–Crippen MR) is 68.7 cm³/mol. The van der Waals surface area contributed by atoms with E-state index in [2.05, 4.69) is 5.32 Å². The number of halogens is 1. The lowest BCUT2D eigenvalue weighted by Crippen LogP contribution is -2.05. The summed E-state index contributed by atoms with van der Waals surface area (Å²) in [5, 5.41) is 3.91. The second-order valence-electron chi connectivity index (χ2n) is 3.73. The number of rotatable bonds is 4. The van der Waals surface area contributed by atoms with E-state index < -0.39 is 0 Å². The van der Waals surface area contributed by atoms with Crippen LogP contribution in [-0.4, -0.2) is 7.11 Å². The fourth-order valence-corrected chi connectivity index (χ4v) is 1.80. The van der Waals surface area contributed by atoms with Gasteiger partial charge in [-0.25, -0.2) is 0 Å². The fraction of sp³-hybridized carbons (Fsp3) is 0.231. The van der Waals surface area contributed by atoms with Gasteiger partial charge in [0.05, 0.1) is 24.4 Å². The van der Waals surface area contributed by atoms with Gasteiger partial charge >= 0.3 is 0 Å². The minimum absolute atomic E-state index is 0.0934. The summed E-state index contributed by atoms with van der Waals surface area (Å²) in [5.41, 5.74) is 0.940. The summed E-state index contributed by atoms with van der Waals surface area (Å²) in [7, 11) is 1.60. The minimum Gasteiger partial charge on any atom is -0.495 e. The van der Waals surface area contributed by atoms with Crippen molar-refractivity contribution in [3.8, 4) is 5.75 Å². The Bertz CT molecular complexity index is 482. The van der Waals surface area contributed by atoms with Crippen LogP contribution in [0.2, 0.25) is 5.02 Å². The third kappa shape index (κ3) is 2.74. The molecular weight excluding hydrogens is 238 g/mol. The van der Waals surface area contributed by atoms with Crippen molar-refractivity contribution in [2.24, 2.45) is 0 Å². The van der Waals surface area contributed by atoms with Gasteiger partial charge in [-0.3, -0.25) is 0 Å². The molecule has 0 amide bonds. The number of hydrogen-bond acceptors (Lipinski definition) is 3. The molecule has 1 atom stereocenters. The molecule has 1 heterocycles. The molecule has 2 rings (SSSR count). The quantitative estimate of drug-likeness (QED) is 0.888. The Labute approximate surface area is 105 Å². The van der Waals surface area contributed by atoms with Crippen LogP contribution in [0.5, 0.6) is 5.75 Å². The van der Waals surface area contributed by atoms with Gasteiger partial charge < -0.3 is 14.5 Å². The molecule has 1 aromatic heterocycles. The Morgan fingerprint density at radius 2 is 2.18 bits per heavy atom. The summed E-state index contributed by atoms with van der Waals surface area (Å²) in [6, 6.07) is 9.47. The number of furan rings is 1. The Kier molecular flexibility index (Phi) is 3.59. The molecule has 0 aliphatic heterocycles. The lowest BCUT2D eigenvalue weighted by molar-refractivity contribution is 0.415. The highest BCUT2D eigenvalue weighted by molar-refractivity contribution is 6.32. The van der Waals surface area contributed by atoms with Crippen LogP contribution in [0, 0.1) is 0 Å². The summed E-state index contributed by atoms with van der Waals surface area (Å²) in [5.74, 6) is 1.54. The number of ether oxygens (including phenoxy) is 1. The molecule has 90 valence electrons. The summed E-state index contributed by atoms with van der Waals surface area (Å²) < 4.78 is 10.5. The molecular formula is C13H14ClNO2. The van der Waals surface area contributed by atoms with Crippen molar-refractivity contribution < 1.29 is 9.15 Å². The van der Waals surface area contributed by atoms with Crippen LogP contribution in [0.1, 0.15) is 18.7 Å². The standard InChI is InChI=1S/C13H14ClNO2/c1-9(12-4-3-7-17-12)15-10-5-6-11(14)13(8-10)16-2/h3-9,15H,1-2H3. The highest BCUT2D eigenvalue weighted by atomic mass is 35.5. The van der Waals surface area contributed by atoms with E-state index in [0.29, 0.717) is 10.8 Å². The van der Waals surface area contributed by atoms with E-state index in [0.717, 1.165) is 11.4 Å². The summed E-state index contributed by atoms with van der Waals surface area (Å²) in [6.07, 6.45) is 1.66. The average Bonchev–Trinajstić information content (AvgIpc) is 2.85. The minimum atomic E-state index is 0.0934. The zero-order valence-electron chi connectivity index (χ0n) is 9.74. The Morgan fingerprint density at radius 3 is 2.82 bits per heavy atom. The maximum absolute atomic E-state index is 5.96.